The molecule has 0 fully saturated rings. The molecule has 0 saturated heterocycles. The summed E-state index contributed by atoms with van der Waals surface area (Å²) in [6, 6.07) is 20.2. The molecule has 0 radical (unpaired) electrons. The fraction of sp³-hybridized carbons (Fsp3) is 0.0800. The van der Waals surface area contributed by atoms with Crippen LogP contribution in [0.15, 0.2) is 81.1 Å². The predicted octanol–water partition coefficient (Wildman–Crippen LogP) is 4.73. The van der Waals surface area contributed by atoms with E-state index in [-0.39, 0.29) is 12.2 Å². The molecule has 4 aromatic rings. The van der Waals surface area contributed by atoms with Crippen molar-refractivity contribution < 1.29 is 9.47 Å². The van der Waals surface area contributed by atoms with Gasteiger partial charge in [0.25, 0.3) is 5.56 Å². The van der Waals surface area contributed by atoms with Crippen molar-refractivity contribution >= 4 is 33.0 Å². The normalized spacial score (nSPS) is 10.9. The second-order valence-corrected chi connectivity index (χ2v) is 7.55. The zero-order valence-electron chi connectivity index (χ0n) is 17.2. The number of halogens is 1. The minimum atomic E-state index is -0.261. The van der Waals surface area contributed by atoms with E-state index in [0.717, 1.165) is 5.56 Å². The third-order valence-corrected chi connectivity index (χ3v) is 5.38. The average Bonchev–Trinajstić information content (AvgIpc) is 2.83. The van der Waals surface area contributed by atoms with Crippen molar-refractivity contribution in [1.29, 1.82) is 0 Å². The first-order valence-electron chi connectivity index (χ1n) is 9.67. The van der Waals surface area contributed by atoms with Crippen LogP contribution in [0.1, 0.15) is 5.56 Å². The van der Waals surface area contributed by atoms with E-state index >= 15 is 0 Å². The fourth-order valence-corrected chi connectivity index (χ4v) is 3.59. The number of aromatic nitrogens is 2. The van der Waals surface area contributed by atoms with Crippen LogP contribution in [0, 0.1) is 12.3 Å². The first kappa shape index (κ1) is 21.3. The van der Waals surface area contributed by atoms with Gasteiger partial charge in [-0.1, -0.05) is 48.4 Å². The van der Waals surface area contributed by atoms with E-state index in [1.165, 1.54) is 11.8 Å². The third-order valence-electron chi connectivity index (χ3n) is 4.69. The molecule has 0 spiro atoms. The number of para-hydroxylation sites is 1. The number of ether oxygens (including phenoxy) is 2. The van der Waals surface area contributed by atoms with Crippen LogP contribution in [0.25, 0.3) is 22.3 Å². The molecule has 6 nitrogen and oxygen atoms in total. The van der Waals surface area contributed by atoms with E-state index in [1.54, 1.807) is 30.5 Å². The minimum absolute atomic E-state index is 0.120. The van der Waals surface area contributed by atoms with Gasteiger partial charge in [0.15, 0.2) is 17.3 Å². The first-order valence-corrected chi connectivity index (χ1v) is 10.5. The van der Waals surface area contributed by atoms with Gasteiger partial charge in [-0.3, -0.25) is 4.79 Å². The standard InChI is InChI=1S/C25H18BrN3O3/c1-3-13-32-23-15-20(26)18(14-22(23)31-2)16-27-29-24(17-9-5-4-6-10-17)28-21-12-8-7-11-19(21)25(29)30/h1,4-12,14-16H,13H2,2H3. The van der Waals surface area contributed by atoms with Crippen molar-refractivity contribution in [2.75, 3.05) is 13.7 Å². The highest BCUT2D eigenvalue weighted by atomic mass is 79.9. The maximum Gasteiger partial charge on any atom is 0.282 e. The highest BCUT2D eigenvalue weighted by molar-refractivity contribution is 9.10. The van der Waals surface area contributed by atoms with Crippen molar-refractivity contribution in [3.8, 4) is 35.2 Å². The Bertz CT molecular complexity index is 1410. The highest BCUT2D eigenvalue weighted by Gasteiger charge is 2.13. The van der Waals surface area contributed by atoms with E-state index in [4.69, 9.17) is 20.9 Å². The molecule has 7 heteroatoms. The summed E-state index contributed by atoms with van der Waals surface area (Å²) in [7, 11) is 1.54. The summed E-state index contributed by atoms with van der Waals surface area (Å²) in [5, 5.41) is 4.97. The number of fused-ring (bicyclic) bond motifs is 1. The summed E-state index contributed by atoms with van der Waals surface area (Å²) in [6.07, 6.45) is 6.85. The Balaban J connectivity index is 1.85. The molecule has 3 aromatic carbocycles. The van der Waals surface area contributed by atoms with Crippen LogP contribution in [-0.2, 0) is 0 Å². The number of hydrogen-bond donors (Lipinski definition) is 0. The lowest BCUT2D eigenvalue weighted by Crippen LogP contribution is -2.20. The second-order valence-electron chi connectivity index (χ2n) is 6.70. The zero-order chi connectivity index (χ0) is 22.5. The zero-order valence-corrected chi connectivity index (χ0v) is 18.7. The van der Waals surface area contributed by atoms with Gasteiger partial charge in [-0.25, -0.2) is 4.98 Å². The van der Waals surface area contributed by atoms with Crippen molar-refractivity contribution in [3.05, 3.63) is 87.1 Å². The van der Waals surface area contributed by atoms with Gasteiger partial charge in [0.05, 0.1) is 24.2 Å². The Hall–Kier alpha value is -3.89. The largest absolute Gasteiger partial charge is 0.493 e. The maximum atomic E-state index is 13.3. The molecule has 158 valence electrons. The summed E-state index contributed by atoms with van der Waals surface area (Å²) < 4.78 is 12.9. The summed E-state index contributed by atoms with van der Waals surface area (Å²) in [5.74, 6) is 3.87. The lowest BCUT2D eigenvalue weighted by atomic mass is 10.2. The van der Waals surface area contributed by atoms with Crippen molar-refractivity contribution in [1.82, 2.24) is 9.66 Å². The summed E-state index contributed by atoms with van der Waals surface area (Å²) >= 11 is 3.52. The van der Waals surface area contributed by atoms with E-state index < -0.39 is 0 Å². The fourth-order valence-electron chi connectivity index (χ4n) is 3.17. The molecule has 32 heavy (non-hydrogen) atoms. The van der Waals surface area contributed by atoms with Crippen molar-refractivity contribution in [2.24, 2.45) is 5.10 Å². The van der Waals surface area contributed by atoms with Crippen molar-refractivity contribution in [3.63, 3.8) is 0 Å². The second kappa shape index (κ2) is 9.50. The van der Waals surface area contributed by atoms with Crippen LogP contribution < -0.4 is 15.0 Å². The number of benzene rings is 3. The molecule has 0 atom stereocenters. The van der Waals surface area contributed by atoms with E-state index in [1.807, 2.05) is 42.5 Å². The molecule has 0 aliphatic carbocycles. The van der Waals surface area contributed by atoms with Gasteiger partial charge >= 0.3 is 0 Å². The summed E-state index contributed by atoms with van der Waals surface area (Å²) in [6.45, 7) is 0.120. The van der Waals surface area contributed by atoms with E-state index in [0.29, 0.717) is 38.3 Å². The van der Waals surface area contributed by atoms with Gasteiger partial charge < -0.3 is 9.47 Å². The minimum Gasteiger partial charge on any atom is -0.493 e. The van der Waals surface area contributed by atoms with Gasteiger partial charge in [-0.15, -0.1) is 6.42 Å². The predicted molar refractivity (Wildman–Crippen MR) is 129 cm³/mol. The summed E-state index contributed by atoms with van der Waals surface area (Å²) in [4.78, 5) is 18.0. The number of terminal acetylenes is 1. The molecule has 0 aliphatic heterocycles. The van der Waals surface area contributed by atoms with Crippen LogP contribution in [0.2, 0.25) is 0 Å². The first-order chi connectivity index (χ1) is 15.6. The van der Waals surface area contributed by atoms with E-state index in [9.17, 15) is 4.79 Å². The number of methoxy groups -OCH3 is 1. The third kappa shape index (κ3) is 4.27. The molecular formula is C25H18BrN3O3. The van der Waals surface area contributed by atoms with Crippen LogP contribution in [0.4, 0.5) is 0 Å². The SMILES string of the molecule is C#CCOc1cc(Br)c(C=Nn2c(-c3ccccc3)nc3ccccc3c2=O)cc1OC. The Morgan fingerprint density at radius 3 is 2.62 bits per heavy atom. The molecule has 0 N–H and O–H groups in total. The van der Waals surface area contributed by atoms with Gasteiger partial charge in [-0.2, -0.15) is 9.78 Å². The maximum absolute atomic E-state index is 13.3. The molecule has 4 rings (SSSR count). The molecule has 1 aromatic heterocycles. The van der Waals surface area contributed by atoms with Crippen LogP contribution >= 0.6 is 15.9 Å². The monoisotopic (exact) mass is 487 g/mol. The number of nitrogens with zero attached hydrogens (tertiary/aromatic N) is 3. The molecular weight excluding hydrogens is 470 g/mol. The topological polar surface area (TPSA) is 65.7 Å². The van der Waals surface area contributed by atoms with Gasteiger partial charge in [0.1, 0.15) is 6.61 Å². The van der Waals surface area contributed by atoms with Gasteiger partial charge in [0.2, 0.25) is 0 Å². The van der Waals surface area contributed by atoms with Crippen LogP contribution in [0.5, 0.6) is 11.5 Å². The number of hydrogen-bond acceptors (Lipinski definition) is 5. The lowest BCUT2D eigenvalue weighted by Gasteiger charge is -2.12. The molecule has 0 saturated carbocycles. The Morgan fingerprint density at radius 2 is 1.88 bits per heavy atom. The Kier molecular flexibility index (Phi) is 6.34. The van der Waals surface area contributed by atoms with Gasteiger partial charge in [0, 0.05) is 15.6 Å². The molecule has 0 amide bonds. The lowest BCUT2D eigenvalue weighted by molar-refractivity contribution is 0.330. The number of rotatable bonds is 6. The summed E-state index contributed by atoms with van der Waals surface area (Å²) in [5.41, 5.74) is 1.82. The molecule has 1 heterocycles. The molecule has 0 aliphatic rings. The quantitative estimate of drug-likeness (QED) is 0.291. The van der Waals surface area contributed by atoms with Crippen molar-refractivity contribution in [2.45, 2.75) is 0 Å². The Labute approximate surface area is 193 Å². The Morgan fingerprint density at radius 1 is 1.12 bits per heavy atom. The molecule has 0 bridgehead atoms. The van der Waals surface area contributed by atoms with Gasteiger partial charge in [-0.05, 0) is 40.2 Å². The average molecular weight is 488 g/mol. The van der Waals surface area contributed by atoms with Crippen LogP contribution in [0.3, 0.4) is 0 Å². The van der Waals surface area contributed by atoms with E-state index in [2.05, 4.69) is 27.0 Å². The highest BCUT2D eigenvalue weighted by Crippen LogP contribution is 2.33. The van der Waals surface area contributed by atoms with Crippen LogP contribution in [-0.4, -0.2) is 29.6 Å². The smallest absolute Gasteiger partial charge is 0.282 e. The molecule has 0 unspecified atom stereocenters.